The molecular formula is C26H30Cl2FN5O. The fourth-order valence-electron chi connectivity index (χ4n) is 4.41. The molecule has 1 aliphatic heterocycles. The quantitative estimate of drug-likeness (QED) is 0.417. The van der Waals surface area contributed by atoms with Crippen LogP contribution in [0.25, 0.3) is 0 Å². The van der Waals surface area contributed by atoms with Crippen LogP contribution in [-0.2, 0) is 24.4 Å². The molecule has 0 radical (unpaired) electrons. The molecule has 0 spiro atoms. The van der Waals surface area contributed by atoms with E-state index in [0.717, 1.165) is 56.2 Å². The van der Waals surface area contributed by atoms with Gasteiger partial charge in [-0.25, -0.2) is 9.37 Å². The van der Waals surface area contributed by atoms with E-state index in [1.54, 1.807) is 31.3 Å². The second kappa shape index (κ2) is 12.0. The number of hydrogen-bond donors (Lipinski definition) is 0. The fraction of sp³-hybridized carbons (Fsp3) is 0.385. The van der Waals surface area contributed by atoms with E-state index in [-0.39, 0.29) is 11.7 Å². The molecule has 186 valence electrons. The summed E-state index contributed by atoms with van der Waals surface area (Å²) in [4.78, 5) is 22.8. The van der Waals surface area contributed by atoms with Gasteiger partial charge in [-0.05, 0) is 41.5 Å². The molecule has 35 heavy (non-hydrogen) atoms. The highest BCUT2D eigenvalue weighted by Gasteiger charge is 2.20. The minimum atomic E-state index is -0.234. The molecule has 0 aliphatic carbocycles. The molecule has 9 heteroatoms. The smallest absolute Gasteiger partial charge is 0.219 e. The van der Waals surface area contributed by atoms with Crippen LogP contribution < -0.4 is 0 Å². The third-order valence-corrected chi connectivity index (χ3v) is 6.72. The number of hydrogen-bond acceptors (Lipinski definition) is 4. The first-order valence-corrected chi connectivity index (χ1v) is 12.5. The van der Waals surface area contributed by atoms with Crippen molar-refractivity contribution >= 4 is 29.1 Å². The molecule has 2 heterocycles. The van der Waals surface area contributed by atoms with Gasteiger partial charge in [0.25, 0.3) is 0 Å². The number of nitrogens with zero attached hydrogens (tertiary/aromatic N) is 5. The van der Waals surface area contributed by atoms with Crippen molar-refractivity contribution in [3.63, 3.8) is 0 Å². The molecule has 6 nitrogen and oxygen atoms in total. The maximum Gasteiger partial charge on any atom is 0.219 e. The molecule has 0 bridgehead atoms. The number of rotatable bonds is 9. The average Bonchev–Trinajstić information content (AvgIpc) is 3.23. The van der Waals surface area contributed by atoms with Crippen molar-refractivity contribution in [3.05, 3.63) is 87.7 Å². The predicted octanol–water partition coefficient (Wildman–Crippen LogP) is 4.54. The zero-order valence-corrected chi connectivity index (χ0v) is 21.4. The minimum Gasteiger partial charge on any atom is -0.340 e. The maximum absolute atomic E-state index is 13.8. The lowest BCUT2D eigenvalue weighted by Crippen LogP contribution is -2.49. The highest BCUT2D eigenvalue weighted by molar-refractivity contribution is 6.34. The van der Waals surface area contributed by atoms with E-state index in [2.05, 4.69) is 19.4 Å². The van der Waals surface area contributed by atoms with Gasteiger partial charge in [-0.2, -0.15) is 0 Å². The summed E-state index contributed by atoms with van der Waals surface area (Å²) in [6, 6.07) is 12.3. The van der Waals surface area contributed by atoms with Crippen LogP contribution in [0.15, 0.2) is 54.9 Å². The highest BCUT2D eigenvalue weighted by atomic mass is 35.5. The molecule has 2 aromatic carbocycles. The Morgan fingerprint density at radius 1 is 1.03 bits per heavy atom. The van der Waals surface area contributed by atoms with Crippen molar-refractivity contribution in [2.24, 2.45) is 0 Å². The molecule has 0 atom stereocenters. The number of imidazole rings is 1. The summed E-state index contributed by atoms with van der Waals surface area (Å²) in [5.41, 5.74) is 1.92. The molecule has 0 N–H and O–H groups in total. The van der Waals surface area contributed by atoms with Crippen molar-refractivity contribution in [1.29, 1.82) is 0 Å². The molecule has 3 aromatic rings. The van der Waals surface area contributed by atoms with Gasteiger partial charge in [-0.1, -0.05) is 35.3 Å². The van der Waals surface area contributed by atoms with Gasteiger partial charge in [0.15, 0.2) is 0 Å². The average molecular weight is 518 g/mol. The first-order chi connectivity index (χ1) is 16.9. The molecule has 1 saturated heterocycles. The largest absolute Gasteiger partial charge is 0.340 e. The minimum absolute atomic E-state index is 0.130. The molecule has 4 rings (SSSR count). The monoisotopic (exact) mass is 517 g/mol. The number of aromatic nitrogens is 2. The number of benzene rings is 2. The summed E-state index contributed by atoms with van der Waals surface area (Å²) >= 11 is 12.4. The molecule has 1 aliphatic rings. The van der Waals surface area contributed by atoms with Crippen LogP contribution in [0.3, 0.4) is 0 Å². The number of carbonyl (C=O) groups excluding carboxylic acids is 1. The Morgan fingerprint density at radius 3 is 2.46 bits per heavy atom. The fourth-order valence-corrected chi connectivity index (χ4v) is 4.98. The summed E-state index contributed by atoms with van der Waals surface area (Å²) in [5.74, 6) is 0.811. The SMILES string of the molecule is CC(=O)N1CCN(CCN(Cc2cccc(F)c2)Cc2nccn2Cc2cc(Cl)cc(Cl)c2)CC1. The first kappa shape index (κ1) is 25.6. The summed E-state index contributed by atoms with van der Waals surface area (Å²) in [6.45, 7) is 8.35. The van der Waals surface area contributed by atoms with Crippen LogP contribution >= 0.6 is 23.2 Å². The molecule has 1 fully saturated rings. The van der Waals surface area contributed by atoms with Gasteiger partial charge in [0.2, 0.25) is 5.91 Å². The Hall–Kier alpha value is -2.45. The number of halogens is 3. The van der Waals surface area contributed by atoms with E-state index in [1.807, 2.05) is 29.3 Å². The molecule has 0 saturated carbocycles. The van der Waals surface area contributed by atoms with Crippen LogP contribution in [0.1, 0.15) is 23.9 Å². The Balaban J connectivity index is 1.45. The molecule has 0 unspecified atom stereocenters. The Bertz CT molecular complexity index is 1130. The van der Waals surface area contributed by atoms with Gasteiger partial charge >= 0.3 is 0 Å². The van der Waals surface area contributed by atoms with Crippen molar-refractivity contribution in [1.82, 2.24) is 24.3 Å². The third kappa shape index (κ3) is 7.51. The summed E-state index contributed by atoms with van der Waals surface area (Å²) in [5, 5.41) is 1.21. The van der Waals surface area contributed by atoms with E-state index in [9.17, 15) is 9.18 Å². The summed E-state index contributed by atoms with van der Waals surface area (Å²) in [6.07, 6.45) is 3.74. The predicted molar refractivity (Wildman–Crippen MR) is 137 cm³/mol. The van der Waals surface area contributed by atoms with Crippen molar-refractivity contribution in [3.8, 4) is 0 Å². The van der Waals surface area contributed by atoms with Crippen LogP contribution in [0.4, 0.5) is 4.39 Å². The van der Waals surface area contributed by atoms with Gasteiger partial charge in [0, 0.05) is 81.7 Å². The Morgan fingerprint density at radius 2 is 1.77 bits per heavy atom. The molecule has 1 amide bonds. The summed E-state index contributed by atoms with van der Waals surface area (Å²) < 4.78 is 15.9. The van der Waals surface area contributed by atoms with Crippen LogP contribution in [0.5, 0.6) is 0 Å². The number of amides is 1. The Kier molecular flexibility index (Phi) is 8.78. The Labute approximate surface area is 215 Å². The van der Waals surface area contributed by atoms with Crippen LogP contribution in [-0.4, -0.2) is 69.4 Å². The van der Waals surface area contributed by atoms with E-state index in [1.165, 1.54) is 6.07 Å². The number of carbonyl (C=O) groups is 1. The zero-order valence-electron chi connectivity index (χ0n) is 19.8. The zero-order chi connectivity index (χ0) is 24.8. The van der Waals surface area contributed by atoms with Gasteiger partial charge in [-0.15, -0.1) is 0 Å². The maximum atomic E-state index is 13.8. The second-order valence-electron chi connectivity index (χ2n) is 8.94. The highest BCUT2D eigenvalue weighted by Crippen LogP contribution is 2.20. The van der Waals surface area contributed by atoms with E-state index >= 15 is 0 Å². The van der Waals surface area contributed by atoms with Crippen LogP contribution in [0.2, 0.25) is 10.0 Å². The van der Waals surface area contributed by atoms with E-state index in [0.29, 0.717) is 29.7 Å². The lowest BCUT2D eigenvalue weighted by atomic mass is 10.2. The second-order valence-corrected chi connectivity index (χ2v) is 9.81. The molecular weight excluding hydrogens is 488 g/mol. The lowest BCUT2D eigenvalue weighted by molar-refractivity contribution is -0.130. The normalized spacial score (nSPS) is 14.6. The molecule has 1 aromatic heterocycles. The topological polar surface area (TPSA) is 44.6 Å². The summed E-state index contributed by atoms with van der Waals surface area (Å²) in [7, 11) is 0. The van der Waals surface area contributed by atoms with Crippen molar-refractivity contribution in [2.45, 2.75) is 26.6 Å². The lowest BCUT2D eigenvalue weighted by Gasteiger charge is -2.35. The van der Waals surface area contributed by atoms with Crippen molar-refractivity contribution in [2.75, 3.05) is 39.3 Å². The van der Waals surface area contributed by atoms with Crippen LogP contribution in [0, 0.1) is 5.82 Å². The standard InChI is InChI=1S/C26H30Cl2FN5O/c1-20(35)33-11-9-31(10-12-33)7-8-32(17-21-3-2-4-25(29)15-21)19-26-30-5-6-34(26)18-22-13-23(27)16-24(28)14-22/h2-6,13-16H,7-12,17-19H2,1H3. The van der Waals surface area contributed by atoms with Gasteiger partial charge in [0.05, 0.1) is 6.54 Å². The van der Waals surface area contributed by atoms with Crippen molar-refractivity contribution < 1.29 is 9.18 Å². The van der Waals surface area contributed by atoms with Gasteiger partial charge in [-0.3, -0.25) is 14.6 Å². The van der Waals surface area contributed by atoms with E-state index < -0.39 is 0 Å². The third-order valence-electron chi connectivity index (χ3n) is 6.29. The van der Waals surface area contributed by atoms with E-state index in [4.69, 9.17) is 23.2 Å². The van der Waals surface area contributed by atoms with Gasteiger partial charge in [0.1, 0.15) is 11.6 Å². The number of piperazine rings is 1. The first-order valence-electron chi connectivity index (χ1n) is 11.8. The van der Waals surface area contributed by atoms with Gasteiger partial charge < -0.3 is 9.47 Å².